The quantitative estimate of drug-likeness (QED) is 0.254. The normalized spacial score (nSPS) is 27.8. The Morgan fingerprint density at radius 1 is 1.15 bits per heavy atom. The lowest BCUT2D eigenvalue weighted by Crippen LogP contribution is -2.33. The maximum absolute atomic E-state index is 11.1. The Morgan fingerprint density at radius 2 is 1.93 bits per heavy atom. The number of nitrogens with one attached hydrogen (secondary N) is 1. The molecule has 5 atom stereocenters. The first kappa shape index (κ1) is 22.6. The van der Waals surface area contributed by atoms with Crippen LogP contribution >= 0.6 is 0 Å². The fourth-order valence-electron chi connectivity index (χ4n) is 4.42. The zero-order valence-corrected chi connectivity index (χ0v) is 17.2. The van der Waals surface area contributed by atoms with E-state index in [9.17, 15) is 4.79 Å². The minimum absolute atomic E-state index is 0.117. The smallest absolute Gasteiger partial charge is 0.243 e. The fourth-order valence-corrected chi connectivity index (χ4v) is 4.42. The van der Waals surface area contributed by atoms with Gasteiger partial charge in [-0.25, -0.2) is 5.48 Å². The summed E-state index contributed by atoms with van der Waals surface area (Å²) in [6.45, 7) is 6.72. The first-order valence-electron chi connectivity index (χ1n) is 10.9. The number of rotatable bonds is 15. The molecule has 158 valence electrons. The van der Waals surface area contributed by atoms with Crippen molar-refractivity contribution in [3.8, 4) is 0 Å². The number of hydrogen-bond donors (Lipinski definition) is 2. The zero-order valence-electron chi connectivity index (χ0n) is 17.2. The van der Waals surface area contributed by atoms with Crippen molar-refractivity contribution in [2.24, 2.45) is 11.8 Å². The molecule has 5 unspecified atom stereocenters. The highest BCUT2D eigenvalue weighted by Crippen LogP contribution is 2.45. The standard InChI is InChI=1S/C21H39NO5/c1-3-4-5-6-13-25-14-12-17-18(20-11-10-19(17)27-20)15-26-16(2)8-7-9-21(23)22-24/h16-20,24H,3-15H2,1-2H3,(H,22,23). The number of amides is 1. The van der Waals surface area contributed by atoms with Crippen molar-refractivity contribution in [3.05, 3.63) is 0 Å². The van der Waals surface area contributed by atoms with E-state index in [1.54, 1.807) is 5.48 Å². The van der Waals surface area contributed by atoms with Gasteiger partial charge in [-0.2, -0.15) is 0 Å². The molecule has 0 spiro atoms. The monoisotopic (exact) mass is 385 g/mol. The van der Waals surface area contributed by atoms with Crippen molar-refractivity contribution < 1.29 is 24.2 Å². The van der Waals surface area contributed by atoms with Gasteiger partial charge >= 0.3 is 0 Å². The van der Waals surface area contributed by atoms with Crippen molar-refractivity contribution in [3.63, 3.8) is 0 Å². The zero-order chi connectivity index (χ0) is 19.5. The molecule has 27 heavy (non-hydrogen) atoms. The maximum atomic E-state index is 11.1. The van der Waals surface area contributed by atoms with Crippen LogP contribution in [-0.2, 0) is 19.0 Å². The van der Waals surface area contributed by atoms with Crippen LogP contribution in [0.25, 0.3) is 0 Å². The van der Waals surface area contributed by atoms with Gasteiger partial charge in [0.25, 0.3) is 0 Å². The van der Waals surface area contributed by atoms with Crippen molar-refractivity contribution in [1.29, 1.82) is 0 Å². The number of hydroxylamine groups is 1. The number of fused-ring (bicyclic) bond motifs is 2. The summed E-state index contributed by atoms with van der Waals surface area (Å²) in [4.78, 5) is 11.1. The third-order valence-electron chi connectivity index (χ3n) is 6.04. The Balaban J connectivity index is 1.62. The second-order valence-electron chi connectivity index (χ2n) is 8.15. The van der Waals surface area contributed by atoms with Crippen LogP contribution in [0.15, 0.2) is 0 Å². The molecule has 6 nitrogen and oxygen atoms in total. The minimum Gasteiger partial charge on any atom is -0.381 e. The Bertz CT molecular complexity index is 419. The van der Waals surface area contributed by atoms with E-state index in [-0.39, 0.29) is 12.0 Å². The van der Waals surface area contributed by atoms with Gasteiger partial charge in [0, 0.05) is 25.6 Å². The largest absolute Gasteiger partial charge is 0.381 e. The van der Waals surface area contributed by atoms with E-state index in [4.69, 9.17) is 19.4 Å². The average molecular weight is 386 g/mol. The number of ether oxygens (including phenoxy) is 3. The van der Waals surface area contributed by atoms with Crippen LogP contribution in [-0.4, -0.2) is 49.2 Å². The lowest BCUT2D eigenvalue weighted by molar-refractivity contribution is -0.129. The van der Waals surface area contributed by atoms with Crippen molar-refractivity contribution in [2.45, 2.75) is 96.4 Å². The molecule has 2 N–H and O–H groups in total. The van der Waals surface area contributed by atoms with Gasteiger partial charge in [0.2, 0.25) is 5.91 Å². The van der Waals surface area contributed by atoms with E-state index in [2.05, 4.69) is 13.8 Å². The summed E-state index contributed by atoms with van der Waals surface area (Å²) in [7, 11) is 0. The molecule has 0 radical (unpaired) electrons. The average Bonchev–Trinajstić information content (AvgIpc) is 3.27. The maximum Gasteiger partial charge on any atom is 0.243 e. The molecule has 2 bridgehead atoms. The lowest BCUT2D eigenvalue weighted by Gasteiger charge is -2.29. The van der Waals surface area contributed by atoms with Crippen LogP contribution in [0.3, 0.4) is 0 Å². The molecule has 0 aromatic carbocycles. The van der Waals surface area contributed by atoms with E-state index < -0.39 is 0 Å². The number of unbranched alkanes of at least 4 members (excludes halogenated alkanes) is 3. The minimum atomic E-state index is -0.335. The summed E-state index contributed by atoms with van der Waals surface area (Å²) in [6, 6.07) is 0. The number of carbonyl (C=O) groups excluding carboxylic acids is 1. The molecule has 1 amide bonds. The molecule has 2 rings (SSSR count). The van der Waals surface area contributed by atoms with Crippen LogP contribution < -0.4 is 5.48 Å². The molecule has 2 aliphatic heterocycles. The Morgan fingerprint density at radius 3 is 2.67 bits per heavy atom. The molecule has 0 saturated carbocycles. The third-order valence-corrected chi connectivity index (χ3v) is 6.04. The highest BCUT2D eigenvalue weighted by molar-refractivity contribution is 5.74. The van der Waals surface area contributed by atoms with E-state index in [1.807, 2.05) is 0 Å². The van der Waals surface area contributed by atoms with Crippen molar-refractivity contribution in [2.75, 3.05) is 19.8 Å². The van der Waals surface area contributed by atoms with E-state index in [1.165, 1.54) is 32.1 Å². The Hall–Kier alpha value is -0.690. The van der Waals surface area contributed by atoms with Gasteiger partial charge in [0.1, 0.15) is 0 Å². The summed E-state index contributed by atoms with van der Waals surface area (Å²) in [5.41, 5.74) is 1.67. The first-order valence-corrected chi connectivity index (χ1v) is 10.9. The highest BCUT2D eigenvalue weighted by atomic mass is 16.5. The van der Waals surface area contributed by atoms with Gasteiger partial charge in [0.05, 0.1) is 24.9 Å². The van der Waals surface area contributed by atoms with Crippen LogP contribution in [0.4, 0.5) is 0 Å². The predicted octanol–water partition coefficient (Wildman–Crippen LogP) is 3.85. The van der Waals surface area contributed by atoms with Gasteiger partial charge in [-0.1, -0.05) is 26.2 Å². The van der Waals surface area contributed by atoms with Gasteiger partial charge in [-0.3, -0.25) is 10.0 Å². The topological polar surface area (TPSA) is 77.0 Å². The molecule has 6 heteroatoms. The SMILES string of the molecule is CCCCCCOCCC1C2CCC(O2)C1COC(C)CCCC(=O)NO. The van der Waals surface area contributed by atoms with Crippen LogP contribution in [0.5, 0.6) is 0 Å². The predicted molar refractivity (Wildman–Crippen MR) is 104 cm³/mol. The van der Waals surface area contributed by atoms with Crippen molar-refractivity contribution in [1.82, 2.24) is 5.48 Å². The molecular weight excluding hydrogens is 346 g/mol. The van der Waals surface area contributed by atoms with Crippen molar-refractivity contribution >= 4 is 5.91 Å². The summed E-state index contributed by atoms with van der Waals surface area (Å²) in [6.07, 6.45) is 11.1. The van der Waals surface area contributed by atoms with Crippen LogP contribution in [0, 0.1) is 11.8 Å². The van der Waals surface area contributed by atoms with E-state index >= 15 is 0 Å². The summed E-state index contributed by atoms with van der Waals surface area (Å²) >= 11 is 0. The summed E-state index contributed by atoms with van der Waals surface area (Å²) < 4.78 is 18.1. The second-order valence-corrected chi connectivity index (χ2v) is 8.15. The van der Waals surface area contributed by atoms with Crippen LogP contribution in [0.2, 0.25) is 0 Å². The van der Waals surface area contributed by atoms with E-state index in [0.29, 0.717) is 30.5 Å². The molecule has 0 aromatic rings. The molecular formula is C21H39NO5. The molecule has 2 aliphatic rings. The molecule has 2 saturated heterocycles. The number of hydrogen-bond acceptors (Lipinski definition) is 5. The molecule has 0 aromatic heterocycles. The van der Waals surface area contributed by atoms with Gasteiger partial charge in [-0.15, -0.1) is 0 Å². The molecule has 0 aliphatic carbocycles. The summed E-state index contributed by atoms with van der Waals surface area (Å²) in [5, 5.41) is 8.52. The Kier molecular flexibility index (Phi) is 10.6. The summed E-state index contributed by atoms with van der Waals surface area (Å²) in [5.74, 6) is 0.681. The molecule has 2 heterocycles. The van der Waals surface area contributed by atoms with Crippen LogP contribution in [0.1, 0.15) is 78.1 Å². The lowest BCUT2D eigenvalue weighted by atomic mass is 9.78. The first-order chi connectivity index (χ1) is 13.2. The van der Waals surface area contributed by atoms with Gasteiger partial charge in [-0.05, 0) is 51.4 Å². The van der Waals surface area contributed by atoms with Gasteiger partial charge < -0.3 is 14.2 Å². The van der Waals surface area contributed by atoms with E-state index in [0.717, 1.165) is 45.5 Å². The molecule has 2 fully saturated rings. The van der Waals surface area contributed by atoms with Gasteiger partial charge in [0.15, 0.2) is 0 Å². The highest BCUT2D eigenvalue weighted by Gasteiger charge is 2.48. The second kappa shape index (κ2) is 12.7. The number of carbonyl (C=O) groups is 1. The fraction of sp³-hybridized carbons (Fsp3) is 0.952. The third kappa shape index (κ3) is 7.68. The Labute approximate surface area is 164 Å².